The highest BCUT2D eigenvalue weighted by Gasteiger charge is 2.20. The molecule has 0 unspecified atom stereocenters. The predicted molar refractivity (Wildman–Crippen MR) is 70.2 cm³/mol. The van der Waals surface area contributed by atoms with Crippen molar-refractivity contribution in [3.05, 3.63) is 48.0 Å². The normalized spacial score (nSPS) is 10.5. The summed E-state index contributed by atoms with van der Waals surface area (Å²) < 4.78 is 10.1. The lowest BCUT2D eigenvalue weighted by Crippen LogP contribution is -2.15. The first-order chi connectivity index (χ1) is 9.08. The van der Waals surface area contributed by atoms with Crippen LogP contribution in [0.4, 0.5) is 0 Å². The summed E-state index contributed by atoms with van der Waals surface area (Å²) in [5, 5.41) is 1.88. The first-order valence-corrected chi connectivity index (χ1v) is 5.90. The number of esters is 2. The zero-order valence-corrected chi connectivity index (χ0v) is 10.8. The van der Waals surface area contributed by atoms with Crippen LogP contribution in [0.25, 0.3) is 10.8 Å². The van der Waals surface area contributed by atoms with Gasteiger partial charge in [-0.2, -0.15) is 0 Å². The molecule has 98 valence electrons. The van der Waals surface area contributed by atoms with Gasteiger partial charge >= 0.3 is 11.9 Å². The Balaban J connectivity index is 2.48. The van der Waals surface area contributed by atoms with Gasteiger partial charge in [0.05, 0.1) is 0 Å². The van der Waals surface area contributed by atoms with Gasteiger partial charge in [0.2, 0.25) is 0 Å². The van der Waals surface area contributed by atoms with Gasteiger partial charge < -0.3 is 9.47 Å². The summed E-state index contributed by atoms with van der Waals surface area (Å²) in [6.07, 6.45) is -1.01. The summed E-state index contributed by atoms with van der Waals surface area (Å²) >= 11 is 0. The van der Waals surface area contributed by atoms with Crippen molar-refractivity contribution in [1.82, 2.24) is 0 Å². The van der Waals surface area contributed by atoms with Gasteiger partial charge in [-0.1, -0.05) is 42.5 Å². The first kappa shape index (κ1) is 13.1. The molecule has 0 amide bonds. The van der Waals surface area contributed by atoms with E-state index in [0.29, 0.717) is 5.56 Å². The Morgan fingerprint density at radius 1 is 0.895 bits per heavy atom. The van der Waals surface area contributed by atoms with Crippen LogP contribution in [-0.4, -0.2) is 11.9 Å². The van der Waals surface area contributed by atoms with Crippen LogP contribution in [0.2, 0.25) is 0 Å². The molecular weight excluding hydrogens is 244 g/mol. The van der Waals surface area contributed by atoms with Gasteiger partial charge in [0.1, 0.15) is 0 Å². The fourth-order valence-electron chi connectivity index (χ4n) is 1.91. The van der Waals surface area contributed by atoms with Crippen molar-refractivity contribution in [2.45, 2.75) is 20.1 Å². The summed E-state index contributed by atoms with van der Waals surface area (Å²) in [4.78, 5) is 22.3. The maximum absolute atomic E-state index is 11.1. The minimum Gasteiger partial charge on any atom is -0.421 e. The highest BCUT2D eigenvalue weighted by Crippen LogP contribution is 2.27. The highest BCUT2D eigenvalue weighted by molar-refractivity contribution is 5.86. The molecule has 0 aliphatic heterocycles. The van der Waals surface area contributed by atoms with Crippen LogP contribution in [-0.2, 0) is 19.1 Å². The van der Waals surface area contributed by atoms with Gasteiger partial charge in [0.15, 0.2) is 0 Å². The second-order valence-electron chi connectivity index (χ2n) is 4.12. The number of ether oxygens (including phenoxy) is 2. The standard InChI is InChI=1S/C15H14O4/c1-10(16)18-15(19-11(2)17)14-9-5-7-12-6-3-4-8-13(12)14/h3-9,15H,1-2H3. The molecule has 0 aromatic heterocycles. The van der Waals surface area contributed by atoms with Crippen LogP contribution in [0.5, 0.6) is 0 Å². The lowest BCUT2D eigenvalue weighted by atomic mass is 10.0. The smallest absolute Gasteiger partial charge is 0.305 e. The Labute approximate surface area is 110 Å². The van der Waals surface area contributed by atoms with E-state index in [1.165, 1.54) is 13.8 Å². The number of hydrogen-bond acceptors (Lipinski definition) is 4. The Morgan fingerprint density at radius 3 is 2.11 bits per heavy atom. The minimum absolute atomic E-state index is 0.501. The third kappa shape index (κ3) is 3.10. The Morgan fingerprint density at radius 2 is 1.47 bits per heavy atom. The van der Waals surface area contributed by atoms with Crippen molar-refractivity contribution in [3.63, 3.8) is 0 Å². The maximum atomic E-state index is 11.1. The quantitative estimate of drug-likeness (QED) is 0.627. The molecule has 2 aromatic carbocycles. The molecule has 0 N–H and O–H groups in total. The zero-order valence-electron chi connectivity index (χ0n) is 10.8. The van der Waals surface area contributed by atoms with Crippen molar-refractivity contribution in [3.8, 4) is 0 Å². The molecule has 0 fully saturated rings. The van der Waals surface area contributed by atoms with Gasteiger partial charge in [0, 0.05) is 19.4 Å². The number of rotatable bonds is 3. The van der Waals surface area contributed by atoms with E-state index in [4.69, 9.17) is 9.47 Å². The van der Waals surface area contributed by atoms with E-state index in [0.717, 1.165) is 10.8 Å². The molecule has 4 nitrogen and oxygen atoms in total. The molecule has 0 aliphatic rings. The average Bonchev–Trinajstić information content (AvgIpc) is 2.36. The molecule has 0 saturated carbocycles. The number of carbonyl (C=O) groups is 2. The number of carbonyl (C=O) groups excluding carboxylic acids is 2. The molecule has 0 spiro atoms. The Kier molecular flexibility index (Phi) is 3.80. The predicted octanol–water partition coefficient (Wildman–Crippen LogP) is 2.96. The SMILES string of the molecule is CC(=O)OC(OC(C)=O)c1cccc2ccccc12. The molecule has 0 radical (unpaired) electrons. The molecular formula is C15H14O4. The largest absolute Gasteiger partial charge is 0.421 e. The van der Waals surface area contributed by atoms with E-state index >= 15 is 0 Å². The van der Waals surface area contributed by atoms with Gasteiger partial charge in [-0.25, -0.2) is 0 Å². The third-order valence-corrected chi connectivity index (χ3v) is 2.62. The Hall–Kier alpha value is -2.36. The third-order valence-electron chi connectivity index (χ3n) is 2.62. The molecule has 0 saturated heterocycles. The summed E-state index contributed by atoms with van der Waals surface area (Å²) in [5.74, 6) is -1.00. The summed E-state index contributed by atoms with van der Waals surface area (Å²) in [6, 6.07) is 13.2. The molecule has 0 bridgehead atoms. The van der Waals surface area contributed by atoms with Crippen molar-refractivity contribution in [2.24, 2.45) is 0 Å². The van der Waals surface area contributed by atoms with Crippen LogP contribution in [0, 0.1) is 0 Å². The van der Waals surface area contributed by atoms with E-state index in [1.54, 1.807) is 6.07 Å². The van der Waals surface area contributed by atoms with Crippen LogP contribution in [0.15, 0.2) is 42.5 Å². The molecule has 4 heteroatoms. The van der Waals surface area contributed by atoms with Crippen molar-refractivity contribution in [2.75, 3.05) is 0 Å². The molecule has 0 atom stereocenters. The van der Waals surface area contributed by atoms with Crippen molar-refractivity contribution >= 4 is 22.7 Å². The molecule has 0 heterocycles. The number of benzene rings is 2. The van der Waals surface area contributed by atoms with Gasteiger partial charge in [0.25, 0.3) is 6.29 Å². The van der Waals surface area contributed by atoms with E-state index in [1.807, 2.05) is 36.4 Å². The second-order valence-corrected chi connectivity index (χ2v) is 4.12. The summed E-state index contributed by atoms with van der Waals surface area (Å²) in [7, 11) is 0. The first-order valence-electron chi connectivity index (χ1n) is 5.90. The lowest BCUT2D eigenvalue weighted by Gasteiger charge is -2.18. The molecule has 2 rings (SSSR count). The van der Waals surface area contributed by atoms with Gasteiger partial charge in [-0.05, 0) is 10.8 Å². The fourth-order valence-corrected chi connectivity index (χ4v) is 1.91. The summed E-state index contributed by atoms with van der Waals surface area (Å²) in [5.41, 5.74) is 0.656. The van der Waals surface area contributed by atoms with E-state index in [2.05, 4.69) is 0 Å². The van der Waals surface area contributed by atoms with E-state index < -0.39 is 18.2 Å². The van der Waals surface area contributed by atoms with Crippen molar-refractivity contribution in [1.29, 1.82) is 0 Å². The van der Waals surface area contributed by atoms with Crippen LogP contribution in [0.1, 0.15) is 25.7 Å². The zero-order chi connectivity index (χ0) is 13.8. The number of hydrogen-bond donors (Lipinski definition) is 0. The summed E-state index contributed by atoms with van der Waals surface area (Å²) in [6.45, 7) is 2.56. The Bertz CT molecular complexity index is 597. The van der Waals surface area contributed by atoms with Crippen LogP contribution >= 0.6 is 0 Å². The van der Waals surface area contributed by atoms with Crippen molar-refractivity contribution < 1.29 is 19.1 Å². The van der Waals surface area contributed by atoms with Gasteiger partial charge in [-0.15, -0.1) is 0 Å². The van der Waals surface area contributed by atoms with Gasteiger partial charge in [-0.3, -0.25) is 9.59 Å². The van der Waals surface area contributed by atoms with E-state index in [-0.39, 0.29) is 0 Å². The number of fused-ring (bicyclic) bond motifs is 1. The van der Waals surface area contributed by atoms with E-state index in [9.17, 15) is 9.59 Å². The second kappa shape index (κ2) is 5.52. The topological polar surface area (TPSA) is 52.6 Å². The molecule has 0 aliphatic carbocycles. The van der Waals surface area contributed by atoms with Crippen LogP contribution < -0.4 is 0 Å². The fraction of sp³-hybridized carbons (Fsp3) is 0.200. The minimum atomic E-state index is -1.01. The lowest BCUT2D eigenvalue weighted by molar-refractivity contribution is -0.186. The molecule has 19 heavy (non-hydrogen) atoms. The monoisotopic (exact) mass is 258 g/mol. The highest BCUT2D eigenvalue weighted by atomic mass is 16.7. The maximum Gasteiger partial charge on any atom is 0.305 e. The van der Waals surface area contributed by atoms with Crippen LogP contribution in [0.3, 0.4) is 0 Å². The average molecular weight is 258 g/mol. The molecule has 2 aromatic rings.